The van der Waals surface area contributed by atoms with E-state index in [0.717, 1.165) is 21.3 Å². The second-order valence-electron chi connectivity index (χ2n) is 5.96. The number of aromatic nitrogens is 3. The van der Waals surface area contributed by atoms with E-state index in [1.54, 1.807) is 35.5 Å². The maximum Gasteiger partial charge on any atom is 0.326 e. The molecule has 0 radical (unpaired) electrons. The van der Waals surface area contributed by atoms with Gasteiger partial charge in [0.05, 0.1) is 16.8 Å². The molecule has 2 aromatic heterocycles. The maximum atomic E-state index is 12.5. The van der Waals surface area contributed by atoms with Crippen LogP contribution < -0.4 is 4.80 Å². The number of thiazole rings is 1. The number of esters is 1. The third-order valence-corrected chi connectivity index (χ3v) is 5.14. The number of aryl methyl sites for hydroxylation is 3. The first kappa shape index (κ1) is 18.1. The smallest absolute Gasteiger partial charge is 0.326 e. The molecule has 0 atom stereocenters. The first-order valence-electron chi connectivity index (χ1n) is 8.23. The normalized spacial score (nSPS) is 11.9. The Bertz CT molecular complexity index is 1060. The average Bonchev–Trinajstić information content (AvgIpc) is 3.13. The molecule has 0 bridgehead atoms. The molecule has 1 aromatic carbocycles. The van der Waals surface area contributed by atoms with Crippen LogP contribution in [-0.2, 0) is 23.1 Å². The third-order valence-electron chi connectivity index (χ3n) is 4.10. The lowest BCUT2D eigenvalue weighted by molar-refractivity contribution is -0.143. The van der Waals surface area contributed by atoms with Crippen LogP contribution in [-0.4, -0.2) is 32.6 Å². The molecule has 0 unspecified atom stereocenters. The fraction of sp³-hybridized carbons (Fsp3) is 0.333. The van der Waals surface area contributed by atoms with Crippen molar-refractivity contribution >= 4 is 33.4 Å². The number of hydrogen-bond donors (Lipinski definition) is 0. The zero-order valence-corrected chi connectivity index (χ0v) is 16.0. The van der Waals surface area contributed by atoms with Crippen molar-refractivity contribution in [2.75, 3.05) is 6.61 Å². The first-order chi connectivity index (χ1) is 12.4. The van der Waals surface area contributed by atoms with E-state index in [9.17, 15) is 9.59 Å². The van der Waals surface area contributed by atoms with Crippen molar-refractivity contribution in [2.45, 2.75) is 27.3 Å². The lowest BCUT2D eigenvalue weighted by Gasteiger charge is -2.06. The van der Waals surface area contributed by atoms with Gasteiger partial charge in [-0.05, 0) is 44.0 Å². The second kappa shape index (κ2) is 7.25. The van der Waals surface area contributed by atoms with Crippen molar-refractivity contribution in [1.82, 2.24) is 14.1 Å². The molecule has 3 aromatic rings. The standard InChI is InChI=1S/C18H20N4O3S/c1-5-25-15(23)10-22-13-8-11(2)12(3)9-14(13)26-18(22)20-17(24)16-19-6-7-21(16)4/h6-9H,5,10H2,1-4H3. The first-order valence-corrected chi connectivity index (χ1v) is 9.05. The number of hydrogen-bond acceptors (Lipinski definition) is 5. The van der Waals surface area contributed by atoms with Crippen LogP contribution >= 0.6 is 11.3 Å². The molecule has 136 valence electrons. The number of fused-ring (bicyclic) bond motifs is 1. The zero-order chi connectivity index (χ0) is 18.8. The van der Waals surface area contributed by atoms with E-state index < -0.39 is 5.91 Å². The van der Waals surface area contributed by atoms with E-state index in [-0.39, 0.29) is 18.3 Å². The Hall–Kier alpha value is -2.74. The summed E-state index contributed by atoms with van der Waals surface area (Å²) in [5, 5.41) is 0. The van der Waals surface area contributed by atoms with Gasteiger partial charge in [0.15, 0.2) is 4.80 Å². The Morgan fingerprint density at radius 1 is 1.27 bits per heavy atom. The maximum absolute atomic E-state index is 12.5. The van der Waals surface area contributed by atoms with Gasteiger partial charge in [0.2, 0.25) is 5.82 Å². The largest absolute Gasteiger partial charge is 0.465 e. The summed E-state index contributed by atoms with van der Waals surface area (Å²) in [6, 6.07) is 4.05. The molecule has 7 nitrogen and oxygen atoms in total. The SMILES string of the molecule is CCOC(=O)Cn1c(=NC(=O)c2nccn2C)sc2cc(C)c(C)cc21. The van der Waals surface area contributed by atoms with Crippen molar-refractivity contribution < 1.29 is 14.3 Å². The molecule has 0 aliphatic rings. The van der Waals surface area contributed by atoms with Gasteiger partial charge in [-0.1, -0.05) is 11.3 Å². The molecule has 0 N–H and O–H groups in total. The van der Waals surface area contributed by atoms with Crippen LogP contribution in [0.4, 0.5) is 0 Å². The number of imidazole rings is 1. The summed E-state index contributed by atoms with van der Waals surface area (Å²) in [6.07, 6.45) is 3.24. The molecule has 0 saturated heterocycles. The highest BCUT2D eigenvalue weighted by molar-refractivity contribution is 7.16. The predicted molar refractivity (Wildman–Crippen MR) is 99.0 cm³/mol. The quantitative estimate of drug-likeness (QED) is 0.659. The van der Waals surface area contributed by atoms with Crippen molar-refractivity contribution in [3.8, 4) is 0 Å². The Morgan fingerprint density at radius 2 is 2.00 bits per heavy atom. The molecule has 0 saturated carbocycles. The molecule has 2 heterocycles. The van der Waals surface area contributed by atoms with Gasteiger partial charge in [-0.25, -0.2) is 4.98 Å². The van der Waals surface area contributed by atoms with Gasteiger partial charge in [0.25, 0.3) is 0 Å². The van der Waals surface area contributed by atoms with Crippen LogP contribution in [0.15, 0.2) is 29.5 Å². The van der Waals surface area contributed by atoms with Crippen molar-refractivity contribution in [2.24, 2.45) is 12.0 Å². The third kappa shape index (κ3) is 3.45. The van der Waals surface area contributed by atoms with E-state index in [4.69, 9.17) is 4.74 Å². The molecular weight excluding hydrogens is 352 g/mol. The molecule has 1 amide bonds. The minimum atomic E-state index is -0.449. The van der Waals surface area contributed by atoms with Gasteiger partial charge >= 0.3 is 11.9 Å². The fourth-order valence-corrected chi connectivity index (χ4v) is 3.71. The summed E-state index contributed by atoms with van der Waals surface area (Å²) in [4.78, 5) is 33.3. The van der Waals surface area contributed by atoms with E-state index in [1.807, 2.05) is 26.0 Å². The monoisotopic (exact) mass is 372 g/mol. The Labute approximate surface area is 154 Å². The summed E-state index contributed by atoms with van der Waals surface area (Å²) in [6.45, 7) is 6.11. The number of nitrogens with zero attached hydrogens (tertiary/aromatic N) is 4. The lowest BCUT2D eigenvalue weighted by Crippen LogP contribution is -2.23. The van der Waals surface area contributed by atoms with E-state index in [1.165, 1.54) is 11.3 Å². The van der Waals surface area contributed by atoms with Crippen molar-refractivity contribution in [3.63, 3.8) is 0 Å². The van der Waals surface area contributed by atoms with Crippen molar-refractivity contribution in [3.05, 3.63) is 46.3 Å². The van der Waals surface area contributed by atoms with Gasteiger partial charge in [-0.15, -0.1) is 0 Å². The van der Waals surface area contributed by atoms with Crippen LogP contribution in [0, 0.1) is 13.8 Å². The molecule has 0 aliphatic heterocycles. The van der Waals surface area contributed by atoms with Crippen LogP contribution in [0.25, 0.3) is 10.2 Å². The second-order valence-corrected chi connectivity index (χ2v) is 6.97. The predicted octanol–water partition coefficient (Wildman–Crippen LogP) is 2.36. The topological polar surface area (TPSA) is 78.5 Å². The molecule has 26 heavy (non-hydrogen) atoms. The van der Waals surface area contributed by atoms with Crippen molar-refractivity contribution in [1.29, 1.82) is 0 Å². The number of benzene rings is 1. The Morgan fingerprint density at radius 3 is 2.65 bits per heavy atom. The molecule has 0 spiro atoms. The van der Waals surface area contributed by atoms with Crippen LogP contribution in [0.2, 0.25) is 0 Å². The minimum absolute atomic E-state index is 0.00300. The number of ether oxygens (including phenoxy) is 1. The summed E-state index contributed by atoms with van der Waals surface area (Å²) in [5.74, 6) is -0.566. The summed E-state index contributed by atoms with van der Waals surface area (Å²) < 4.78 is 9.37. The van der Waals surface area contributed by atoms with Crippen LogP contribution in [0.5, 0.6) is 0 Å². The number of amides is 1. The van der Waals surface area contributed by atoms with Gasteiger partial charge in [-0.3, -0.25) is 9.59 Å². The van der Waals surface area contributed by atoms with Gasteiger partial charge in [-0.2, -0.15) is 4.99 Å². The Balaban J connectivity index is 2.16. The minimum Gasteiger partial charge on any atom is -0.465 e. The summed E-state index contributed by atoms with van der Waals surface area (Å²) in [7, 11) is 1.74. The van der Waals surface area contributed by atoms with Gasteiger partial charge in [0, 0.05) is 19.4 Å². The molecule has 8 heteroatoms. The number of carbonyl (C=O) groups is 2. The highest BCUT2D eigenvalue weighted by Gasteiger charge is 2.15. The number of carbonyl (C=O) groups excluding carboxylic acids is 2. The van der Waals surface area contributed by atoms with Crippen LogP contribution in [0.1, 0.15) is 28.7 Å². The zero-order valence-electron chi connectivity index (χ0n) is 15.1. The average molecular weight is 372 g/mol. The number of rotatable bonds is 4. The molecule has 0 fully saturated rings. The van der Waals surface area contributed by atoms with Crippen LogP contribution in [0.3, 0.4) is 0 Å². The van der Waals surface area contributed by atoms with Gasteiger partial charge in [0.1, 0.15) is 6.54 Å². The molecule has 0 aliphatic carbocycles. The highest BCUT2D eigenvalue weighted by atomic mass is 32.1. The summed E-state index contributed by atoms with van der Waals surface area (Å²) >= 11 is 1.37. The fourth-order valence-electron chi connectivity index (χ4n) is 2.60. The van der Waals surface area contributed by atoms with E-state index >= 15 is 0 Å². The lowest BCUT2D eigenvalue weighted by atomic mass is 10.1. The van der Waals surface area contributed by atoms with E-state index in [0.29, 0.717) is 11.4 Å². The molecular formula is C18H20N4O3S. The highest BCUT2D eigenvalue weighted by Crippen LogP contribution is 2.22. The summed E-state index contributed by atoms with van der Waals surface area (Å²) in [5.41, 5.74) is 3.11. The Kier molecular flexibility index (Phi) is 5.03. The van der Waals surface area contributed by atoms with Gasteiger partial charge < -0.3 is 13.9 Å². The van der Waals surface area contributed by atoms with E-state index in [2.05, 4.69) is 9.98 Å². The molecule has 3 rings (SSSR count).